The van der Waals surface area contributed by atoms with Crippen molar-refractivity contribution in [1.82, 2.24) is 0 Å². The normalized spacial score (nSPS) is 12.5. The van der Waals surface area contributed by atoms with Crippen LogP contribution in [0, 0.1) is 0 Å². The van der Waals surface area contributed by atoms with Crippen LogP contribution in [0.25, 0.3) is 0 Å². The Morgan fingerprint density at radius 1 is 1.36 bits per heavy atom. The van der Waals surface area contributed by atoms with Crippen molar-refractivity contribution in [3.05, 3.63) is 29.8 Å². The fourth-order valence-electron chi connectivity index (χ4n) is 1.08. The van der Waals surface area contributed by atoms with E-state index in [4.69, 9.17) is 15.6 Å². The van der Waals surface area contributed by atoms with Crippen LogP contribution in [0.4, 0.5) is 0 Å². The molecule has 0 radical (unpaired) electrons. The maximum atomic E-state index is 8.69. The summed E-state index contributed by atoms with van der Waals surface area (Å²) in [6.07, 6.45) is 1.02. The highest BCUT2D eigenvalue weighted by Crippen LogP contribution is 2.12. The minimum absolute atomic E-state index is 0.0486. The molecular formula is C11H17NO2. The summed E-state index contributed by atoms with van der Waals surface area (Å²) in [4.78, 5) is 0. The summed E-state index contributed by atoms with van der Waals surface area (Å²) >= 11 is 0. The molecule has 0 saturated carbocycles. The Kier molecular flexibility index (Phi) is 4.43. The van der Waals surface area contributed by atoms with E-state index in [0.717, 1.165) is 12.2 Å². The minimum atomic E-state index is -0.305. The Hall–Kier alpha value is -1.06. The van der Waals surface area contributed by atoms with Crippen LogP contribution < -0.4 is 10.5 Å². The predicted octanol–water partition coefficient (Wildman–Crippen LogP) is 0.947. The van der Waals surface area contributed by atoms with Crippen LogP contribution in [0.3, 0.4) is 0 Å². The molecule has 0 aliphatic heterocycles. The average molecular weight is 195 g/mol. The summed E-state index contributed by atoms with van der Waals surface area (Å²) < 4.78 is 5.37. The number of benzene rings is 1. The molecule has 78 valence electrons. The standard InChI is InChI=1S/C11H17NO2/c1-2-9-3-5-11(6-4-9)14-8-10(12)7-13/h3-6,10,13H,2,7-8,12H2,1H3. The van der Waals surface area contributed by atoms with Gasteiger partial charge in [-0.15, -0.1) is 0 Å². The summed E-state index contributed by atoms with van der Waals surface area (Å²) in [5.41, 5.74) is 6.78. The van der Waals surface area contributed by atoms with Crippen LogP contribution in [-0.4, -0.2) is 24.4 Å². The van der Waals surface area contributed by atoms with E-state index in [1.54, 1.807) is 0 Å². The van der Waals surface area contributed by atoms with Crippen LogP contribution in [-0.2, 0) is 6.42 Å². The number of aliphatic hydroxyl groups excluding tert-OH is 1. The Morgan fingerprint density at radius 3 is 2.50 bits per heavy atom. The van der Waals surface area contributed by atoms with Crippen LogP contribution in [0.15, 0.2) is 24.3 Å². The first-order valence-electron chi connectivity index (χ1n) is 4.84. The van der Waals surface area contributed by atoms with E-state index in [1.165, 1.54) is 5.56 Å². The van der Waals surface area contributed by atoms with Gasteiger partial charge < -0.3 is 15.6 Å². The third-order valence-corrected chi connectivity index (χ3v) is 2.03. The van der Waals surface area contributed by atoms with E-state index in [1.807, 2.05) is 24.3 Å². The number of nitrogens with two attached hydrogens (primary N) is 1. The van der Waals surface area contributed by atoms with Crippen molar-refractivity contribution in [3.63, 3.8) is 0 Å². The molecule has 0 saturated heterocycles. The zero-order valence-electron chi connectivity index (χ0n) is 8.44. The van der Waals surface area contributed by atoms with Crippen molar-refractivity contribution >= 4 is 0 Å². The lowest BCUT2D eigenvalue weighted by molar-refractivity contribution is 0.206. The Bertz CT molecular complexity index is 258. The van der Waals surface area contributed by atoms with E-state index in [0.29, 0.717) is 6.61 Å². The Morgan fingerprint density at radius 2 is 2.00 bits per heavy atom. The van der Waals surface area contributed by atoms with Gasteiger partial charge in [0, 0.05) is 0 Å². The SMILES string of the molecule is CCc1ccc(OCC(N)CO)cc1. The smallest absolute Gasteiger partial charge is 0.119 e. The molecule has 3 N–H and O–H groups in total. The van der Waals surface area contributed by atoms with Crippen molar-refractivity contribution in [2.45, 2.75) is 19.4 Å². The Balaban J connectivity index is 2.43. The van der Waals surface area contributed by atoms with Crippen molar-refractivity contribution in [2.75, 3.05) is 13.2 Å². The largest absolute Gasteiger partial charge is 0.492 e. The fraction of sp³-hybridized carbons (Fsp3) is 0.455. The number of rotatable bonds is 5. The highest BCUT2D eigenvalue weighted by Gasteiger charge is 2.00. The highest BCUT2D eigenvalue weighted by atomic mass is 16.5. The molecule has 0 heterocycles. The first kappa shape index (κ1) is 11.0. The lowest BCUT2D eigenvalue weighted by Crippen LogP contribution is -2.31. The zero-order valence-corrected chi connectivity index (χ0v) is 8.44. The van der Waals surface area contributed by atoms with Crippen LogP contribution >= 0.6 is 0 Å². The van der Waals surface area contributed by atoms with Crippen molar-refractivity contribution < 1.29 is 9.84 Å². The zero-order chi connectivity index (χ0) is 10.4. The van der Waals surface area contributed by atoms with Gasteiger partial charge in [0.2, 0.25) is 0 Å². The van der Waals surface area contributed by atoms with Gasteiger partial charge in [0.1, 0.15) is 12.4 Å². The van der Waals surface area contributed by atoms with Gasteiger partial charge in [-0.2, -0.15) is 0 Å². The molecule has 0 aliphatic rings. The van der Waals surface area contributed by atoms with Crippen molar-refractivity contribution in [2.24, 2.45) is 5.73 Å². The number of hydrogen-bond acceptors (Lipinski definition) is 3. The predicted molar refractivity (Wildman–Crippen MR) is 56.4 cm³/mol. The van der Waals surface area contributed by atoms with Crippen LogP contribution in [0.2, 0.25) is 0 Å². The average Bonchev–Trinajstić information content (AvgIpc) is 2.26. The summed E-state index contributed by atoms with van der Waals surface area (Å²) in [6, 6.07) is 7.59. The molecule has 0 aliphatic carbocycles. The van der Waals surface area contributed by atoms with Gasteiger partial charge in [-0.05, 0) is 24.1 Å². The first-order valence-corrected chi connectivity index (χ1v) is 4.84. The molecule has 1 aromatic rings. The second-order valence-electron chi connectivity index (χ2n) is 3.25. The molecular weight excluding hydrogens is 178 g/mol. The molecule has 1 atom stereocenters. The molecule has 1 aromatic carbocycles. The van der Waals surface area contributed by atoms with Gasteiger partial charge >= 0.3 is 0 Å². The molecule has 0 spiro atoms. The van der Waals surface area contributed by atoms with Crippen molar-refractivity contribution in [1.29, 1.82) is 0 Å². The van der Waals surface area contributed by atoms with Crippen molar-refractivity contribution in [3.8, 4) is 5.75 Å². The van der Waals surface area contributed by atoms with E-state index in [9.17, 15) is 0 Å². The molecule has 3 nitrogen and oxygen atoms in total. The van der Waals surface area contributed by atoms with Gasteiger partial charge in [-0.1, -0.05) is 19.1 Å². The monoisotopic (exact) mass is 195 g/mol. The Labute approximate surface area is 84.5 Å². The number of aryl methyl sites for hydroxylation is 1. The molecule has 0 amide bonds. The molecule has 3 heteroatoms. The second kappa shape index (κ2) is 5.62. The minimum Gasteiger partial charge on any atom is -0.492 e. The maximum Gasteiger partial charge on any atom is 0.119 e. The van der Waals surface area contributed by atoms with Gasteiger partial charge in [-0.25, -0.2) is 0 Å². The molecule has 0 fully saturated rings. The van der Waals surface area contributed by atoms with E-state index in [-0.39, 0.29) is 12.6 Å². The molecule has 1 unspecified atom stereocenters. The second-order valence-corrected chi connectivity index (χ2v) is 3.25. The van der Waals surface area contributed by atoms with E-state index >= 15 is 0 Å². The van der Waals surface area contributed by atoms with Gasteiger partial charge in [0.05, 0.1) is 12.6 Å². The van der Waals surface area contributed by atoms with Gasteiger partial charge in [-0.3, -0.25) is 0 Å². The van der Waals surface area contributed by atoms with E-state index in [2.05, 4.69) is 6.92 Å². The summed E-state index contributed by atoms with van der Waals surface area (Å²) in [6.45, 7) is 2.41. The fourth-order valence-corrected chi connectivity index (χ4v) is 1.08. The van der Waals surface area contributed by atoms with E-state index < -0.39 is 0 Å². The summed E-state index contributed by atoms with van der Waals surface area (Å²) in [7, 11) is 0. The number of aliphatic hydroxyl groups is 1. The quantitative estimate of drug-likeness (QED) is 0.735. The molecule has 0 aromatic heterocycles. The molecule has 1 rings (SSSR count). The lowest BCUT2D eigenvalue weighted by Gasteiger charge is -2.10. The van der Waals surface area contributed by atoms with Gasteiger partial charge in [0.25, 0.3) is 0 Å². The number of ether oxygens (including phenoxy) is 1. The molecule has 14 heavy (non-hydrogen) atoms. The topological polar surface area (TPSA) is 55.5 Å². The lowest BCUT2D eigenvalue weighted by atomic mass is 10.2. The first-order chi connectivity index (χ1) is 6.76. The van der Waals surface area contributed by atoms with Crippen LogP contribution in [0.1, 0.15) is 12.5 Å². The maximum absolute atomic E-state index is 8.69. The number of hydrogen-bond donors (Lipinski definition) is 2. The molecule has 0 bridgehead atoms. The third kappa shape index (κ3) is 3.36. The van der Waals surface area contributed by atoms with Crippen LogP contribution in [0.5, 0.6) is 5.75 Å². The summed E-state index contributed by atoms with van der Waals surface area (Å²) in [5, 5.41) is 8.69. The highest BCUT2D eigenvalue weighted by molar-refractivity contribution is 5.27. The third-order valence-electron chi connectivity index (χ3n) is 2.03. The summed E-state index contributed by atoms with van der Waals surface area (Å²) in [5.74, 6) is 0.797. The van der Waals surface area contributed by atoms with Gasteiger partial charge in [0.15, 0.2) is 0 Å².